The Balaban J connectivity index is 1.88. The van der Waals surface area contributed by atoms with Gasteiger partial charge in [0.2, 0.25) is 0 Å². The van der Waals surface area contributed by atoms with E-state index in [2.05, 4.69) is 33.3 Å². The molecule has 1 fully saturated rings. The Kier molecular flexibility index (Phi) is 3.71. The Labute approximate surface area is 96.2 Å². The summed E-state index contributed by atoms with van der Waals surface area (Å²) in [6.07, 6.45) is 1.88. The average molecular weight is 221 g/mol. The molecule has 2 rings (SSSR count). The molecule has 0 unspecified atom stereocenters. The van der Waals surface area contributed by atoms with Crippen LogP contribution in [0.15, 0.2) is 18.3 Å². The highest BCUT2D eigenvalue weighted by atomic mass is 15.3. The molecule has 0 radical (unpaired) electrons. The summed E-state index contributed by atoms with van der Waals surface area (Å²) in [6.45, 7) is 5.54. The quantitative estimate of drug-likeness (QED) is 0.560. The van der Waals surface area contributed by atoms with Crippen molar-refractivity contribution >= 4 is 5.82 Å². The highest BCUT2D eigenvalue weighted by Gasteiger charge is 2.13. The third-order valence-corrected chi connectivity index (χ3v) is 2.97. The molecule has 3 N–H and O–H groups in total. The van der Waals surface area contributed by atoms with E-state index < -0.39 is 0 Å². The number of rotatable bonds is 3. The van der Waals surface area contributed by atoms with Gasteiger partial charge in [-0.25, -0.2) is 10.8 Å². The van der Waals surface area contributed by atoms with Crippen molar-refractivity contribution in [3.05, 3.63) is 23.9 Å². The van der Waals surface area contributed by atoms with E-state index in [0.29, 0.717) is 5.82 Å². The van der Waals surface area contributed by atoms with E-state index in [1.807, 2.05) is 12.3 Å². The fourth-order valence-electron chi connectivity index (χ4n) is 1.87. The molecule has 0 atom stereocenters. The van der Waals surface area contributed by atoms with Gasteiger partial charge in [-0.1, -0.05) is 6.07 Å². The first kappa shape index (κ1) is 11.3. The normalized spacial score (nSPS) is 18.6. The van der Waals surface area contributed by atoms with Crippen molar-refractivity contribution in [3.63, 3.8) is 0 Å². The molecule has 88 valence electrons. The molecule has 1 aliphatic rings. The average Bonchev–Trinajstić information content (AvgIpc) is 2.33. The van der Waals surface area contributed by atoms with Gasteiger partial charge in [-0.05, 0) is 18.7 Å². The number of nitrogen functional groups attached to an aromatic ring is 1. The lowest BCUT2D eigenvalue weighted by atomic mass is 10.2. The highest BCUT2D eigenvalue weighted by molar-refractivity contribution is 5.33. The minimum Gasteiger partial charge on any atom is -0.308 e. The predicted molar refractivity (Wildman–Crippen MR) is 64.8 cm³/mol. The molecule has 5 heteroatoms. The third kappa shape index (κ3) is 2.91. The molecule has 0 aliphatic carbocycles. The van der Waals surface area contributed by atoms with E-state index in [-0.39, 0.29) is 0 Å². The number of nitrogens with one attached hydrogen (secondary N) is 1. The van der Waals surface area contributed by atoms with Crippen molar-refractivity contribution in [2.24, 2.45) is 5.84 Å². The molecule has 2 heterocycles. The maximum Gasteiger partial charge on any atom is 0.139 e. The first-order valence-corrected chi connectivity index (χ1v) is 5.60. The number of pyridine rings is 1. The summed E-state index contributed by atoms with van der Waals surface area (Å²) in [6, 6.07) is 3.98. The van der Waals surface area contributed by atoms with Crippen molar-refractivity contribution in [2.45, 2.75) is 6.54 Å². The van der Waals surface area contributed by atoms with Crippen molar-refractivity contribution in [1.29, 1.82) is 0 Å². The molecular weight excluding hydrogens is 202 g/mol. The topological polar surface area (TPSA) is 57.4 Å². The second-order valence-corrected chi connectivity index (χ2v) is 4.28. The lowest BCUT2D eigenvalue weighted by molar-refractivity contribution is 0.148. The third-order valence-electron chi connectivity index (χ3n) is 2.97. The number of nitrogens with two attached hydrogens (primary N) is 1. The molecule has 16 heavy (non-hydrogen) atoms. The minimum absolute atomic E-state index is 0.710. The van der Waals surface area contributed by atoms with Crippen LogP contribution in [0.1, 0.15) is 5.56 Å². The van der Waals surface area contributed by atoms with E-state index in [9.17, 15) is 0 Å². The number of aromatic nitrogens is 1. The Morgan fingerprint density at radius 1 is 1.31 bits per heavy atom. The van der Waals surface area contributed by atoms with Crippen LogP contribution in [0.5, 0.6) is 0 Å². The van der Waals surface area contributed by atoms with Gasteiger partial charge in [0.1, 0.15) is 5.82 Å². The van der Waals surface area contributed by atoms with Crippen LogP contribution in [-0.4, -0.2) is 48.0 Å². The Morgan fingerprint density at radius 3 is 2.62 bits per heavy atom. The van der Waals surface area contributed by atoms with Crippen molar-refractivity contribution < 1.29 is 0 Å². The van der Waals surface area contributed by atoms with Gasteiger partial charge in [-0.15, -0.1) is 0 Å². The standard InChI is InChI=1S/C11H19N5/c1-15-4-6-16(7-5-15)9-10-2-3-11(14-12)13-8-10/h2-3,8H,4-7,9,12H2,1H3,(H,13,14). The summed E-state index contributed by atoms with van der Waals surface area (Å²) in [5, 5.41) is 0. The Morgan fingerprint density at radius 2 is 2.06 bits per heavy atom. The smallest absolute Gasteiger partial charge is 0.139 e. The highest BCUT2D eigenvalue weighted by Crippen LogP contribution is 2.08. The lowest BCUT2D eigenvalue weighted by Gasteiger charge is -2.32. The number of hydrazine groups is 1. The number of likely N-dealkylation sites (N-methyl/N-ethyl adjacent to an activating group) is 1. The van der Waals surface area contributed by atoms with Crippen LogP contribution in [0.3, 0.4) is 0 Å². The summed E-state index contributed by atoms with van der Waals surface area (Å²) in [5.74, 6) is 5.98. The van der Waals surface area contributed by atoms with Crippen LogP contribution in [0, 0.1) is 0 Å². The fraction of sp³-hybridized carbons (Fsp3) is 0.545. The number of nitrogens with zero attached hydrogens (tertiary/aromatic N) is 3. The van der Waals surface area contributed by atoms with E-state index >= 15 is 0 Å². The van der Waals surface area contributed by atoms with Crippen molar-refractivity contribution in [2.75, 3.05) is 38.7 Å². The van der Waals surface area contributed by atoms with Crippen LogP contribution in [-0.2, 0) is 6.54 Å². The molecule has 1 aromatic heterocycles. The van der Waals surface area contributed by atoms with Crippen LogP contribution >= 0.6 is 0 Å². The number of hydrogen-bond acceptors (Lipinski definition) is 5. The second-order valence-electron chi connectivity index (χ2n) is 4.28. The van der Waals surface area contributed by atoms with Gasteiger partial charge in [0.25, 0.3) is 0 Å². The molecule has 0 spiro atoms. The van der Waals surface area contributed by atoms with Gasteiger partial charge in [-0.3, -0.25) is 4.90 Å². The molecule has 1 saturated heterocycles. The summed E-state index contributed by atoms with van der Waals surface area (Å²) in [4.78, 5) is 9.01. The summed E-state index contributed by atoms with van der Waals surface area (Å²) < 4.78 is 0. The van der Waals surface area contributed by atoms with Gasteiger partial charge in [-0.2, -0.15) is 0 Å². The maximum absolute atomic E-state index is 5.27. The summed E-state index contributed by atoms with van der Waals surface area (Å²) in [7, 11) is 2.17. The Bertz CT molecular complexity index is 316. The molecule has 0 aromatic carbocycles. The number of hydrogen-bond donors (Lipinski definition) is 2. The van der Waals surface area contributed by atoms with E-state index in [1.165, 1.54) is 5.56 Å². The zero-order chi connectivity index (χ0) is 11.4. The molecule has 0 saturated carbocycles. The SMILES string of the molecule is CN1CCN(Cc2ccc(NN)nc2)CC1. The first-order valence-electron chi connectivity index (χ1n) is 5.60. The summed E-state index contributed by atoms with van der Waals surface area (Å²) >= 11 is 0. The van der Waals surface area contributed by atoms with Gasteiger partial charge in [0, 0.05) is 38.9 Å². The van der Waals surface area contributed by atoms with Crippen LogP contribution in [0.4, 0.5) is 5.82 Å². The second kappa shape index (κ2) is 5.25. The zero-order valence-electron chi connectivity index (χ0n) is 9.69. The minimum atomic E-state index is 0.710. The zero-order valence-corrected chi connectivity index (χ0v) is 9.69. The van der Waals surface area contributed by atoms with Gasteiger partial charge < -0.3 is 10.3 Å². The Hall–Kier alpha value is -1.17. The van der Waals surface area contributed by atoms with Gasteiger partial charge >= 0.3 is 0 Å². The number of piperazine rings is 1. The molecule has 0 amide bonds. The van der Waals surface area contributed by atoms with Crippen LogP contribution in [0.2, 0.25) is 0 Å². The predicted octanol–water partition coefficient (Wildman–Crippen LogP) is 0.115. The van der Waals surface area contributed by atoms with Crippen LogP contribution < -0.4 is 11.3 Å². The largest absolute Gasteiger partial charge is 0.308 e. The molecule has 1 aromatic rings. The summed E-state index contributed by atoms with van der Waals surface area (Å²) in [5.41, 5.74) is 3.77. The van der Waals surface area contributed by atoms with E-state index in [4.69, 9.17) is 5.84 Å². The molecular formula is C11H19N5. The van der Waals surface area contributed by atoms with Crippen LogP contribution in [0.25, 0.3) is 0 Å². The first-order chi connectivity index (χ1) is 7.78. The molecule has 1 aliphatic heterocycles. The fourth-order valence-corrected chi connectivity index (χ4v) is 1.87. The van der Waals surface area contributed by atoms with E-state index in [1.54, 1.807) is 0 Å². The molecule has 5 nitrogen and oxygen atoms in total. The van der Waals surface area contributed by atoms with Crippen molar-refractivity contribution in [1.82, 2.24) is 14.8 Å². The van der Waals surface area contributed by atoms with Gasteiger partial charge in [0.15, 0.2) is 0 Å². The lowest BCUT2D eigenvalue weighted by Crippen LogP contribution is -2.43. The molecule has 0 bridgehead atoms. The maximum atomic E-state index is 5.27. The van der Waals surface area contributed by atoms with E-state index in [0.717, 1.165) is 32.7 Å². The van der Waals surface area contributed by atoms with Crippen molar-refractivity contribution in [3.8, 4) is 0 Å². The monoisotopic (exact) mass is 221 g/mol. The van der Waals surface area contributed by atoms with Gasteiger partial charge in [0.05, 0.1) is 0 Å². The number of anilines is 1.